The van der Waals surface area contributed by atoms with E-state index in [4.69, 9.17) is 0 Å². The molecule has 2 aromatic rings. The summed E-state index contributed by atoms with van der Waals surface area (Å²) in [4.78, 5) is 43.4. The second-order valence-corrected chi connectivity index (χ2v) is 9.90. The van der Waals surface area contributed by atoms with Crippen molar-refractivity contribution < 1.29 is 14.5 Å². The molecule has 0 radical (unpaired) electrons. The molecule has 2 heterocycles. The van der Waals surface area contributed by atoms with Gasteiger partial charge in [0.25, 0.3) is 11.6 Å². The van der Waals surface area contributed by atoms with Gasteiger partial charge < -0.3 is 9.80 Å². The minimum atomic E-state index is -0.464. The number of nitro groups is 1. The van der Waals surface area contributed by atoms with Crippen LogP contribution in [0, 0.1) is 16.0 Å². The molecule has 0 spiro atoms. The molecule has 2 aromatic carbocycles. The molecule has 1 saturated heterocycles. The van der Waals surface area contributed by atoms with Crippen molar-refractivity contribution in [2.75, 3.05) is 32.7 Å². The van der Waals surface area contributed by atoms with Gasteiger partial charge in [0.2, 0.25) is 5.91 Å². The Morgan fingerprint density at radius 1 is 0.857 bits per heavy atom. The van der Waals surface area contributed by atoms with Gasteiger partial charge in [-0.1, -0.05) is 37.1 Å². The fourth-order valence-corrected chi connectivity index (χ4v) is 5.91. The van der Waals surface area contributed by atoms with Crippen LogP contribution in [0.1, 0.15) is 47.2 Å². The Morgan fingerprint density at radius 2 is 1.51 bits per heavy atom. The zero-order chi connectivity index (χ0) is 24.4. The standard InChI is InChI=1S/C27H32N4O4/c32-26(22-9-11-24(12-10-22)31(34)35)29-17-15-28(16-18-29)25(21-6-2-3-7-21)27(33)30-14-13-20-5-1-4-8-23(20)19-30/h1,4-5,8-12,21,25H,2-3,6-7,13-19H2/t25-/m0/s1. The van der Waals surface area contributed by atoms with Crippen LogP contribution in [0.4, 0.5) is 5.69 Å². The second-order valence-electron chi connectivity index (χ2n) is 9.90. The Kier molecular flexibility index (Phi) is 6.81. The second kappa shape index (κ2) is 10.2. The van der Waals surface area contributed by atoms with Crippen molar-refractivity contribution in [3.05, 3.63) is 75.3 Å². The Labute approximate surface area is 205 Å². The monoisotopic (exact) mass is 476 g/mol. The van der Waals surface area contributed by atoms with Crippen molar-refractivity contribution in [1.29, 1.82) is 0 Å². The predicted molar refractivity (Wildman–Crippen MR) is 132 cm³/mol. The number of carbonyl (C=O) groups excluding carboxylic acids is 2. The fourth-order valence-electron chi connectivity index (χ4n) is 5.91. The molecule has 8 nitrogen and oxygen atoms in total. The van der Waals surface area contributed by atoms with E-state index in [1.807, 2.05) is 11.0 Å². The average molecular weight is 477 g/mol. The Hall–Kier alpha value is -3.26. The van der Waals surface area contributed by atoms with Crippen molar-refractivity contribution in [3.8, 4) is 0 Å². The third-order valence-electron chi connectivity index (χ3n) is 7.86. The zero-order valence-electron chi connectivity index (χ0n) is 20.0. The number of piperazine rings is 1. The van der Waals surface area contributed by atoms with E-state index in [0.29, 0.717) is 44.2 Å². The fraction of sp³-hybridized carbons (Fsp3) is 0.481. The molecule has 1 aliphatic carbocycles. The first-order valence-corrected chi connectivity index (χ1v) is 12.6. The maximum Gasteiger partial charge on any atom is 0.269 e. The van der Waals surface area contributed by atoms with Crippen LogP contribution in [-0.2, 0) is 17.8 Å². The van der Waals surface area contributed by atoms with Gasteiger partial charge in [0.1, 0.15) is 0 Å². The summed E-state index contributed by atoms with van der Waals surface area (Å²) in [7, 11) is 0. The van der Waals surface area contributed by atoms with Crippen LogP contribution in [0.3, 0.4) is 0 Å². The Morgan fingerprint density at radius 3 is 2.17 bits per heavy atom. The summed E-state index contributed by atoms with van der Waals surface area (Å²) in [6.45, 7) is 3.87. The van der Waals surface area contributed by atoms with E-state index >= 15 is 0 Å². The van der Waals surface area contributed by atoms with Crippen molar-refractivity contribution in [1.82, 2.24) is 14.7 Å². The van der Waals surface area contributed by atoms with Gasteiger partial charge in [0.05, 0.1) is 11.0 Å². The number of nitro benzene ring substituents is 1. The van der Waals surface area contributed by atoms with Gasteiger partial charge in [0, 0.05) is 57.0 Å². The van der Waals surface area contributed by atoms with Gasteiger partial charge in [-0.2, -0.15) is 0 Å². The van der Waals surface area contributed by atoms with Crippen LogP contribution in [0.15, 0.2) is 48.5 Å². The summed E-state index contributed by atoms with van der Waals surface area (Å²) in [5, 5.41) is 10.9. The van der Waals surface area contributed by atoms with Crippen LogP contribution in [0.5, 0.6) is 0 Å². The number of fused-ring (bicyclic) bond motifs is 1. The summed E-state index contributed by atoms with van der Waals surface area (Å²) in [6.07, 6.45) is 5.42. The first-order valence-electron chi connectivity index (χ1n) is 12.6. The molecular weight excluding hydrogens is 444 g/mol. The zero-order valence-corrected chi connectivity index (χ0v) is 20.0. The van der Waals surface area contributed by atoms with E-state index in [1.54, 1.807) is 4.90 Å². The first-order chi connectivity index (χ1) is 17.0. The summed E-state index contributed by atoms with van der Waals surface area (Å²) in [5.74, 6) is 0.495. The number of benzene rings is 2. The van der Waals surface area contributed by atoms with E-state index in [0.717, 1.165) is 25.8 Å². The van der Waals surface area contributed by atoms with Gasteiger partial charge in [-0.05, 0) is 48.4 Å². The SMILES string of the molecule is O=C(c1ccc([N+](=O)[O-])cc1)N1CCN([C@H](C(=O)N2CCc3ccccc3C2)C2CCCC2)CC1. The molecule has 184 valence electrons. The van der Waals surface area contributed by atoms with Gasteiger partial charge in [-0.15, -0.1) is 0 Å². The summed E-state index contributed by atoms with van der Waals surface area (Å²) in [5.41, 5.74) is 3.02. The molecule has 1 saturated carbocycles. The molecule has 2 fully saturated rings. The topological polar surface area (TPSA) is 87.0 Å². The summed E-state index contributed by atoms with van der Waals surface area (Å²) in [6, 6.07) is 14.0. The third kappa shape index (κ3) is 4.93. The lowest BCUT2D eigenvalue weighted by Gasteiger charge is -2.43. The molecule has 0 unspecified atom stereocenters. The number of rotatable bonds is 5. The number of nitrogens with zero attached hydrogens (tertiary/aromatic N) is 4. The van der Waals surface area contributed by atoms with Gasteiger partial charge in [-0.25, -0.2) is 0 Å². The molecule has 1 atom stereocenters. The first kappa shape index (κ1) is 23.5. The molecule has 3 aliphatic rings. The third-order valence-corrected chi connectivity index (χ3v) is 7.86. The number of hydrogen-bond donors (Lipinski definition) is 0. The molecule has 35 heavy (non-hydrogen) atoms. The van der Waals surface area contributed by atoms with Crippen LogP contribution in [0.2, 0.25) is 0 Å². The van der Waals surface area contributed by atoms with E-state index in [2.05, 4.69) is 23.1 Å². The number of carbonyl (C=O) groups is 2. The van der Waals surface area contributed by atoms with E-state index < -0.39 is 4.92 Å². The summed E-state index contributed by atoms with van der Waals surface area (Å²) >= 11 is 0. The maximum absolute atomic E-state index is 13.9. The number of hydrogen-bond acceptors (Lipinski definition) is 5. The minimum absolute atomic E-state index is 0.0235. The lowest BCUT2D eigenvalue weighted by atomic mass is 9.92. The molecule has 2 aliphatic heterocycles. The molecule has 0 N–H and O–H groups in total. The maximum atomic E-state index is 13.9. The van der Waals surface area contributed by atoms with E-state index in [9.17, 15) is 19.7 Å². The minimum Gasteiger partial charge on any atom is -0.337 e. The number of non-ortho nitro benzene ring substituents is 1. The highest BCUT2D eigenvalue weighted by Crippen LogP contribution is 2.33. The van der Waals surface area contributed by atoms with Crippen molar-refractivity contribution in [2.45, 2.75) is 44.7 Å². The Bertz CT molecular complexity index is 1090. The van der Waals surface area contributed by atoms with Crippen LogP contribution >= 0.6 is 0 Å². The highest BCUT2D eigenvalue weighted by Gasteiger charge is 2.40. The molecule has 0 aromatic heterocycles. The highest BCUT2D eigenvalue weighted by atomic mass is 16.6. The van der Waals surface area contributed by atoms with Crippen molar-refractivity contribution in [2.24, 2.45) is 5.92 Å². The average Bonchev–Trinajstić information content (AvgIpc) is 3.43. The molecule has 5 rings (SSSR count). The summed E-state index contributed by atoms with van der Waals surface area (Å²) < 4.78 is 0. The van der Waals surface area contributed by atoms with Gasteiger partial charge in [-0.3, -0.25) is 24.6 Å². The quantitative estimate of drug-likeness (QED) is 0.487. The van der Waals surface area contributed by atoms with Crippen molar-refractivity contribution >= 4 is 17.5 Å². The van der Waals surface area contributed by atoms with E-state index in [-0.39, 0.29) is 23.5 Å². The van der Waals surface area contributed by atoms with Crippen molar-refractivity contribution in [3.63, 3.8) is 0 Å². The van der Waals surface area contributed by atoms with Crippen LogP contribution < -0.4 is 0 Å². The van der Waals surface area contributed by atoms with Crippen LogP contribution in [0.25, 0.3) is 0 Å². The smallest absolute Gasteiger partial charge is 0.269 e. The molecule has 8 heteroatoms. The van der Waals surface area contributed by atoms with Gasteiger partial charge in [0.15, 0.2) is 0 Å². The highest BCUT2D eigenvalue weighted by molar-refractivity contribution is 5.94. The molecule has 2 amide bonds. The predicted octanol–water partition coefficient (Wildman–Crippen LogP) is 3.50. The normalized spacial score (nSPS) is 19.9. The Balaban J connectivity index is 1.26. The number of amides is 2. The molecule has 0 bridgehead atoms. The lowest BCUT2D eigenvalue weighted by molar-refractivity contribution is -0.384. The van der Waals surface area contributed by atoms with Crippen LogP contribution in [-0.4, -0.2) is 70.2 Å². The molecular formula is C27H32N4O4. The largest absolute Gasteiger partial charge is 0.337 e. The van der Waals surface area contributed by atoms with Gasteiger partial charge >= 0.3 is 0 Å². The van der Waals surface area contributed by atoms with E-state index in [1.165, 1.54) is 48.2 Å². The lowest BCUT2D eigenvalue weighted by Crippen LogP contribution is -2.58.